The van der Waals surface area contributed by atoms with Crippen molar-refractivity contribution in [2.45, 2.75) is 13.8 Å². The highest BCUT2D eigenvalue weighted by Gasteiger charge is 2.08. The zero-order chi connectivity index (χ0) is 12.3. The van der Waals surface area contributed by atoms with Crippen molar-refractivity contribution in [3.8, 4) is 12.1 Å². The summed E-state index contributed by atoms with van der Waals surface area (Å²) in [6, 6.07) is 7.81. The van der Waals surface area contributed by atoms with E-state index in [1.165, 1.54) is 0 Å². The smallest absolute Gasteiger partial charge is 0.0991 e. The number of hydrogen-bond donors (Lipinski definition) is 0. The first-order valence-corrected chi connectivity index (χ1v) is 4.81. The van der Waals surface area contributed by atoms with Crippen LogP contribution in [0.15, 0.2) is 25.3 Å². The molecule has 0 aliphatic heterocycles. The van der Waals surface area contributed by atoms with E-state index < -0.39 is 0 Å². The maximum absolute atomic E-state index is 8.81. The Kier molecular flexibility index (Phi) is 3.28. The van der Waals surface area contributed by atoms with Gasteiger partial charge in [-0.3, -0.25) is 0 Å². The number of nitriles is 2. The van der Waals surface area contributed by atoms with Crippen molar-refractivity contribution in [2.75, 3.05) is 0 Å². The van der Waals surface area contributed by atoms with Crippen LogP contribution < -0.4 is 0 Å². The first-order valence-electron chi connectivity index (χ1n) is 4.81. The standard InChI is InChI=1S/C14H12N2/c1-9-5-14(12(4)8-16)10(2)6-13(9)11(3)7-15/h5-6H,3-4H2,1-2H3. The molecular weight excluding hydrogens is 196 g/mol. The zero-order valence-corrected chi connectivity index (χ0v) is 9.46. The van der Waals surface area contributed by atoms with E-state index in [9.17, 15) is 0 Å². The minimum atomic E-state index is 0.440. The lowest BCUT2D eigenvalue weighted by atomic mass is 9.93. The predicted octanol–water partition coefficient (Wildman–Crippen LogP) is 3.38. The van der Waals surface area contributed by atoms with Crippen molar-refractivity contribution in [1.29, 1.82) is 10.5 Å². The van der Waals surface area contributed by atoms with Gasteiger partial charge in [0.25, 0.3) is 0 Å². The number of aryl methyl sites for hydroxylation is 2. The van der Waals surface area contributed by atoms with Gasteiger partial charge in [0.1, 0.15) is 0 Å². The molecule has 16 heavy (non-hydrogen) atoms. The van der Waals surface area contributed by atoms with Gasteiger partial charge in [0.15, 0.2) is 0 Å². The Morgan fingerprint density at radius 2 is 1.25 bits per heavy atom. The van der Waals surface area contributed by atoms with Crippen molar-refractivity contribution in [3.63, 3.8) is 0 Å². The molecular formula is C14H12N2. The van der Waals surface area contributed by atoms with E-state index in [0.29, 0.717) is 11.1 Å². The summed E-state index contributed by atoms with van der Waals surface area (Å²) in [4.78, 5) is 0. The number of rotatable bonds is 2. The molecule has 0 aliphatic carbocycles. The van der Waals surface area contributed by atoms with E-state index in [4.69, 9.17) is 10.5 Å². The van der Waals surface area contributed by atoms with Crippen LogP contribution in [0.5, 0.6) is 0 Å². The highest BCUT2D eigenvalue weighted by molar-refractivity contribution is 5.82. The van der Waals surface area contributed by atoms with Gasteiger partial charge in [0.05, 0.1) is 23.3 Å². The van der Waals surface area contributed by atoms with Crippen LogP contribution >= 0.6 is 0 Å². The molecule has 1 aromatic carbocycles. The topological polar surface area (TPSA) is 47.6 Å². The summed E-state index contributed by atoms with van der Waals surface area (Å²) < 4.78 is 0. The van der Waals surface area contributed by atoms with Crippen molar-refractivity contribution >= 4 is 11.1 Å². The van der Waals surface area contributed by atoms with Gasteiger partial charge in [-0.25, -0.2) is 0 Å². The third-order valence-electron chi connectivity index (χ3n) is 2.49. The lowest BCUT2D eigenvalue weighted by Gasteiger charge is -2.09. The van der Waals surface area contributed by atoms with Crippen molar-refractivity contribution in [3.05, 3.63) is 47.5 Å². The summed E-state index contributed by atoms with van der Waals surface area (Å²) in [7, 11) is 0. The lowest BCUT2D eigenvalue weighted by molar-refractivity contribution is 1.34. The summed E-state index contributed by atoms with van der Waals surface area (Å²) in [6.45, 7) is 11.2. The minimum Gasteiger partial charge on any atom is -0.192 e. The monoisotopic (exact) mass is 208 g/mol. The van der Waals surface area contributed by atoms with E-state index in [1.54, 1.807) is 0 Å². The minimum absolute atomic E-state index is 0.440. The summed E-state index contributed by atoms with van der Waals surface area (Å²) in [5.74, 6) is 0. The highest BCUT2D eigenvalue weighted by Crippen LogP contribution is 2.25. The maximum Gasteiger partial charge on any atom is 0.0991 e. The SMILES string of the molecule is C=C(C#N)c1cc(C)c(C(=C)C#N)cc1C. The predicted molar refractivity (Wildman–Crippen MR) is 65.2 cm³/mol. The average Bonchev–Trinajstić information content (AvgIpc) is 2.29. The van der Waals surface area contributed by atoms with Gasteiger partial charge in [-0.2, -0.15) is 10.5 Å². The van der Waals surface area contributed by atoms with Gasteiger partial charge in [-0.15, -0.1) is 0 Å². The first kappa shape index (κ1) is 11.8. The Morgan fingerprint density at radius 3 is 1.50 bits per heavy atom. The molecule has 0 bridgehead atoms. The molecule has 2 nitrogen and oxygen atoms in total. The fourth-order valence-electron chi connectivity index (χ4n) is 1.59. The van der Waals surface area contributed by atoms with Crippen LogP contribution in [0.1, 0.15) is 22.3 Å². The van der Waals surface area contributed by atoms with Crippen molar-refractivity contribution < 1.29 is 0 Å². The Morgan fingerprint density at radius 1 is 0.938 bits per heavy atom. The van der Waals surface area contributed by atoms with Crippen LogP contribution in [0.2, 0.25) is 0 Å². The molecule has 0 unspecified atom stereocenters. The Labute approximate surface area is 95.8 Å². The zero-order valence-electron chi connectivity index (χ0n) is 9.46. The second-order valence-corrected chi connectivity index (χ2v) is 3.66. The van der Waals surface area contributed by atoms with E-state index in [1.807, 2.05) is 38.1 Å². The molecule has 78 valence electrons. The lowest BCUT2D eigenvalue weighted by Crippen LogP contribution is -1.93. The van der Waals surface area contributed by atoms with Crippen molar-refractivity contribution in [1.82, 2.24) is 0 Å². The Bertz CT molecular complexity index is 500. The van der Waals surface area contributed by atoms with Crippen LogP contribution in [0.4, 0.5) is 0 Å². The van der Waals surface area contributed by atoms with E-state index in [-0.39, 0.29) is 0 Å². The van der Waals surface area contributed by atoms with Gasteiger partial charge in [-0.05, 0) is 48.2 Å². The van der Waals surface area contributed by atoms with Gasteiger partial charge in [0, 0.05) is 0 Å². The molecule has 0 N–H and O–H groups in total. The van der Waals surface area contributed by atoms with E-state index >= 15 is 0 Å². The molecule has 0 radical (unpaired) electrons. The Hall–Kier alpha value is -2.32. The molecule has 2 heteroatoms. The second kappa shape index (κ2) is 4.47. The molecule has 0 aromatic heterocycles. The molecule has 0 amide bonds. The van der Waals surface area contributed by atoms with Gasteiger partial charge in [0.2, 0.25) is 0 Å². The van der Waals surface area contributed by atoms with E-state index in [0.717, 1.165) is 22.3 Å². The molecule has 0 saturated heterocycles. The Balaban J connectivity index is 3.41. The fraction of sp³-hybridized carbons (Fsp3) is 0.143. The third-order valence-corrected chi connectivity index (χ3v) is 2.49. The summed E-state index contributed by atoms with van der Waals surface area (Å²) in [5.41, 5.74) is 4.40. The van der Waals surface area contributed by atoms with Crippen LogP contribution in [0, 0.1) is 36.5 Å². The van der Waals surface area contributed by atoms with Crippen LogP contribution in [-0.2, 0) is 0 Å². The number of nitrogens with zero attached hydrogens (tertiary/aromatic N) is 2. The molecule has 0 spiro atoms. The molecule has 0 saturated carbocycles. The van der Waals surface area contributed by atoms with Gasteiger partial charge < -0.3 is 0 Å². The van der Waals surface area contributed by atoms with Crippen LogP contribution in [0.25, 0.3) is 11.1 Å². The molecule has 1 aromatic rings. The van der Waals surface area contributed by atoms with Crippen LogP contribution in [-0.4, -0.2) is 0 Å². The number of allylic oxidation sites excluding steroid dienone is 2. The quantitative estimate of drug-likeness (QED) is 0.699. The second-order valence-electron chi connectivity index (χ2n) is 3.66. The molecule has 1 rings (SSSR count). The van der Waals surface area contributed by atoms with Crippen LogP contribution in [0.3, 0.4) is 0 Å². The van der Waals surface area contributed by atoms with Gasteiger partial charge >= 0.3 is 0 Å². The molecule has 0 atom stereocenters. The average molecular weight is 208 g/mol. The number of hydrogen-bond acceptors (Lipinski definition) is 2. The third kappa shape index (κ3) is 2.02. The van der Waals surface area contributed by atoms with Gasteiger partial charge in [-0.1, -0.05) is 13.2 Å². The summed E-state index contributed by atoms with van der Waals surface area (Å²) in [6.07, 6.45) is 0. The maximum atomic E-state index is 8.81. The fourth-order valence-corrected chi connectivity index (χ4v) is 1.59. The largest absolute Gasteiger partial charge is 0.192 e. The summed E-state index contributed by atoms with van der Waals surface area (Å²) >= 11 is 0. The molecule has 0 heterocycles. The highest BCUT2D eigenvalue weighted by atomic mass is 14.3. The van der Waals surface area contributed by atoms with Crippen molar-refractivity contribution in [2.24, 2.45) is 0 Å². The summed E-state index contributed by atoms with van der Waals surface area (Å²) in [5, 5.41) is 17.6. The molecule has 0 aliphatic rings. The number of benzene rings is 1. The first-order chi connectivity index (χ1) is 7.51. The van der Waals surface area contributed by atoms with E-state index in [2.05, 4.69) is 13.2 Å². The molecule has 0 fully saturated rings. The normalized spacial score (nSPS) is 9.00.